The van der Waals surface area contributed by atoms with Gasteiger partial charge in [0.05, 0.1) is 12.7 Å². The molecule has 1 N–H and O–H groups in total. The lowest BCUT2D eigenvalue weighted by Crippen LogP contribution is -2.29. The number of anilines is 1. The first-order valence-corrected chi connectivity index (χ1v) is 7.79. The lowest BCUT2D eigenvalue weighted by molar-refractivity contribution is 0.0601. The van der Waals surface area contributed by atoms with Crippen LogP contribution in [0.5, 0.6) is 0 Å². The van der Waals surface area contributed by atoms with E-state index in [0.717, 1.165) is 11.6 Å². The second-order valence-corrected chi connectivity index (χ2v) is 6.50. The van der Waals surface area contributed by atoms with Gasteiger partial charge in [-0.25, -0.2) is 4.79 Å². The number of carbonyl (C=O) groups is 1. The van der Waals surface area contributed by atoms with Crippen molar-refractivity contribution in [3.63, 3.8) is 0 Å². The van der Waals surface area contributed by atoms with Crippen molar-refractivity contribution < 1.29 is 9.53 Å². The normalized spacial score (nSPS) is 27.7. The van der Waals surface area contributed by atoms with Crippen LogP contribution >= 0.6 is 11.6 Å². The van der Waals surface area contributed by atoms with E-state index in [4.69, 9.17) is 16.3 Å². The van der Waals surface area contributed by atoms with Gasteiger partial charge < -0.3 is 10.1 Å². The van der Waals surface area contributed by atoms with E-state index in [0.29, 0.717) is 28.5 Å². The third-order valence-corrected chi connectivity index (χ3v) is 4.98. The molecular weight excluding hydrogens is 286 g/mol. The van der Waals surface area contributed by atoms with Crippen LogP contribution in [0.2, 0.25) is 5.02 Å². The summed E-state index contributed by atoms with van der Waals surface area (Å²) in [7, 11) is 1.39. The zero-order valence-electron chi connectivity index (χ0n) is 12.3. The average Bonchev–Trinajstić information content (AvgIpc) is 3.11. The Kier molecular flexibility index (Phi) is 3.94. The summed E-state index contributed by atoms with van der Waals surface area (Å²) in [5.41, 5.74) is 1.29. The molecular formula is C17H20ClNO2. The summed E-state index contributed by atoms with van der Waals surface area (Å²) in [5, 5.41) is 4.02. The first-order chi connectivity index (χ1) is 10.1. The standard InChI is InChI=1S/C17H20ClNO2/c1-10(14-8-11-3-4-12(14)7-11)19-16-6-5-13(18)9-15(16)17(20)21-2/h3-6,9-12,14,19H,7-8H2,1-2H3. The molecule has 2 aliphatic carbocycles. The second kappa shape index (κ2) is 5.72. The molecule has 1 saturated carbocycles. The van der Waals surface area contributed by atoms with E-state index in [1.165, 1.54) is 20.0 Å². The number of hydrogen-bond donors (Lipinski definition) is 1. The SMILES string of the molecule is COC(=O)c1cc(Cl)ccc1NC(C)C1CC2C=CC1C2. The van der Waals surface area contributed by atoms with Gasteiger partial charge in [-0.15, -0.1) is 0 Å². The molecule has 1 aromatic rings. The van der Waals surface area contributed by atoms with Crippen LogP contribution in [-0.2, 0) is 4.74 Å². The van der Waals surface area contributed by atoms with Crippen molar-refractivity contribution >= 4 is 23.3 Å². The number of allylic oxidation sites excluding steroid dienone is 2. The van der Waals surface area contributed by atoms with Gasteiger partial charge in [0.2, 0.25) is 0 Å². The Labute approximate surface area is 130 Å². The van der Waals surface area contributed by atoms with Crippen molar-refractivity contribution in [2.24, 2.45) is 17.8 Å². The third kappa shape index (κ3) is 2.80. The Morgan fingerprint density at radius 1 is 1.38 bits per heavy atom. The van der Waals surface area contributed by atoms with E-state index in [1.807, 2.05) is 6.07 Å². The maximum absolute atomic E-state index is 11.9. The number of nitrogens with one attached hydrogen (secondary N) is 1. The quantitative estimate of drug-likeness (QED) is 0.671. The number of benzene rings is 1. The molecule has 21 heavy (non-hydrogen) atoms. The maximum Gasteiger partial charge on any atom is 0.340 e. The predicted molar refractivity (Wildman–Crippen MR) is 84.7 cm³/mol. The topological polar surface area (TPSA) is 38.3 Å². The van der Waals surface area contributed by atoms with Crippen molar-refractivity contribution in [1.29, 1.82) is 0 Å². The van der Waals surface area contributed by atoms with Gasteiger partial charge in [-0.3, -0.25) is 0 Å². The Bertz CT molecular complexity index is 584. The number of ether oxygens (including phenoxy) is 1. The molecule has 0 saturated heterocycles. The van der Waals surface area contributed by atoms with Crippen LogP contribution in [-0.4, -0.2) is 19.1 Å². The van der Waals surface area contributed by atoms with Crippen LogP contribution < -0.4 is 5.32 Å². The zero-order chi connectivity index (χ0) is 15.0. The summed E-state index contributed by atoms with van der Waals surface area (Å²) in [4.78, 5) is 11.9. The minimum atomic E-state index is -0.361. The molecule has 0 radical (unpaired) electrons. The molecule has 4 unspecified atom stereocenters. The largest absolute Gasteiger partial charge is 0.465 e. The van der Waals surface area contributed by atoms with E-state index < -0.39 is 0 Å². The van der Waals surface area contributed by atoms with Crippen LogP contribution in [0.15, 0.2) is 30.4 Å². The minimum absolute atomic E-state index is 0.314. The van der Waals surface area contributed by atoms with Gasteiger partial charge >= 0.3 is 5.97 Å². The molecule has 4 heteroatoms. The van der Waals surface area contributed by atoms with E-state index in [9.17, 15) is 4.79 Å². The van der Waals surface area contributed by atoms with E-state index in [2.05, 4.69) is 24.4 Å². The Morgan fingerprint density at radius 3 is 2.81 bits per heavy atom. The minimum Gasteiger partial charge on any atom is -0.465 e. The highest BCUT2D eigenvalue weighted by Crippen LogP contribution is 2.45. The summed E-state index contributed by atoms with van der Waals surface area (Å²) < 4.78 is 4.84. The van der Waals surface area contributed by atoms with Crippen LogP contribution in [0, 0.1) is 17.8 Å². The third-order valence-electron chi connectivity index (χ3n) is 4.74. The van der Waals surface area contributed by atoms with Crippen molar-refractivity contribution in [1.82, 2.24) is 0 Å². The monoisotopic (exact) mass is 305 g/mol. The Hall–Kier alpha value is -1.48. The molecule has 0 amide bonds. The number of methoxy groups -OCH3 is 1. The summed E-state index contributed by atoms with van der Waals surface area (Å²) in [6.07, 6.45) is 7.20. The number of rotatable bonds is 4. The predicted octanol–water partition coefficient (Wildman–Crippen LogP) is 4.14. The molecule has 0 aliphatic heterocycles. The van der Waals surface area contributed by atoms with Crippen LogP contribution in [0.25, 0.3) is 0 Å². The fourth-order valence-corrected chi connectivity index (χ4v) is 3.84. The van der Waals surface area contributed by atoms with E-state index >= 15 is 0 Å². The summed E-state index contributed by atoms with van der Waals surface area (Å²) >= 11 is 5.99. The zero-order valence-corrected chi connectivity index (χ0v) is 13.1. The fraction of sp³-hybridized carbons (Fsp3) is 0.471. The number of esters is 1. The van der Waals surface area contributed by atoms with Gasteiger partial charge in [-0.05, 0) is 55.7 Å². The average molecular weight is 306 g/mol. The van der Waals surface area contributed by atoms with Crippen LogP contribution in [0.1, 0.15) is 30.1 Å². The molecule has 1 aromatic carbocycles. The highest BCUT2D eigenvalue weighted by molar-refractivity contribution is 6.31. The number of hydrogen-bond acceptors (Lipinski definition) is 3. The number of carbonyl (C=O) groups excluding carboxylic acids is 1. The highest BCUT2D eigenvalue weighted by Gasteiger charge is 2.38. The van der Waals surface area contributed by atoms with Gasteiger partial charge in [0.15, 0.2) is 0 Å². The van der Waals surface area contributed by atoms with Gasteiger partial charge in [0.25, 0.3) is 0 Å². The van der Waals surface area contributed by atoms with Crippen molar-refractivity contribution in [2.45, 2.75) is 25.8 Å². The summed E-state index contributed by atoms with van der Waals surface area (Å²) in [5.74, 6) is 1.68. The fourth-order valence-electron chi connectivity index (χ4n) is 3.67. The second-order valence-electron chi connectivity index (χ2n) is 6.06. The van der Waals surface area contributed by atoms with Gasteiger partial charge in [-0.1, -0.05) is 23.8 Å². The Morgan fingerprint density at radius 2 is 2.19 bits per heavy atom. The van der Waals surface area contributed by atoms with Gasteiger partial charge in [0, 0.05) is 16.8 Å². The summed E-state index contributed by atoms with van der Waals surface area (Å²) in [6.45, 7) is 2.19. The first kappa shape index (κ1) is 14.5. The summed E-state index contributed by atoms with van der Waals surface area (Å²) in [6, 6.07) is 5.62. The van der Waals surface area contributed by atoms with Crippen molar-refractivity contribution in [2.75, 3.05) is 12.4 Å². The van der Waals surface area contributed by atoms with E-state index in [1.54, 1.807) is 12.1 Å². The lowest BCUT2D eigenvalue weighted by atomic mass is 9.87. The number of fused-ring (bicyclic) bond motifs is 2. The molecule has 0 aromatic heterocycles. The molecule has 3 nitrogen and oxygen atoms in total. The highest BCUT2D eigenvalue weighted by atomic mass is 35.5. The molecule has 3 rings (SSSR count). The van der Waals surface area contributed by atoms with Crippen LogP contribution in [0.4, 0.5) is 5.69 Å². The van der Waals surface area contributed by atoms with Crippen LogP contribution in [0.3, 0.4) is 0 Å². The lowest BCUT2D eigenvalue weighted by Gasteiger charge is -2.27. The van der Waals surface area contributed by atoms with E-state index in [-0.39, 0.29) is 5.97 Å². The maximum atomic E-state index is 11.9. The molecule has 0 heterocycles. The Balaban J connectivity index is 1.78. The molecule has 4 atom stereocenters. The van der Waals surface area contributed by atoms with Crippen molar-refractivity contribution in [3.05, 3.63) is 40.9 Å². The number of halogens is 1. The van der Waals surface area contributed by atoms with Gasteiger partial charge in [-0.2, -0.15) is 0 Å². The van der Waals surface area contributed by atoms with Gasteiger partial charge in [0.1, 0.15) is 0 Å². The molecule has 2 aliphatic rings. The first-order valence-electron chi connectivity index (χ1n) is 7.41. The molecule has 0 spiro atoms. The molecule has 2 bridgehead atoms. The molecule has 112 valence electrons. The van der Waals surface area contributed by atoms with Crippen molar-refractivity contribution in [3.8, 4) is 0 Å². The molecule has 1 fully saturated rings. The smallest absolute Gasteiger partial charge is 0.340 e.